The van der Waals surface area contributed by atoms with Gasteiger partial charge in [0.2, 0.25) is 6.36 Å². The van der Waals surface area contributed by atoms with Crippen LogP contribution in [0.4, 0.5) is 4.39 Å². The SMILES string of the molecule is Cc1cc(Cc2cc(C)[nH]n2)nc(-c2cnc(C(=O)NCc3ccc(OC(C)F)cc3)c(C)c2)n1. The quantitative estimate of drug-likeness (QED) is 0.392. The van der Waals surface area contributed by atoms with E-state index in [9.17, 15) is 9.18 Å². The zero-order chi connectivity index (χ0) is 24.9. The smallest absolute Gasteiger partial charge is 0.270 e. The number of nitrogens with one attached hydrogen (secondary N) is 2. The molecule has 9 heteroatoms. The Bertz CT molecular complexity index is 1330. The molecule has 0 radical (unpaired) electrons. The van der Waals surface area contributed by atoms with Crippen LogP contribution in [0.3, 0.4) is 0 Å². The summed E-state index contributed by atoms with van der Waals surface area (Å²) in [6, 6.07) is 12.7. The zero-order valence-corrected chi connectivity index (χ0v) is 20.1. The van der Waals surface area contributed by atoms with Gasteiger partial charge in [0.25, 0.3) is 5.91 Å². The van der Waals surface area contributed by atoms with Gasteiger partial charge in [-0.2, -0.15) is 5.10 Å². The van der Waals surface area contributed by atoms with E-state index in [0.29, 0.717) is 30.2 Å². The summed E-state index contributed by atoms with van der Waals surface area (Å²) in [4.78, 5) is 26.4. The third-order valence-electron chi connectivity index (χ3n) is 5.25. The maximum absolute atomic E-state index is 12.9. The molecule has 180 valence electrons. The summed E-state index contributed by atoms with van der Waals surface area (Å²) in [6.45, 7) is 7.34. The highest BCUT2D eigenvalue weighted by atomic mass is 19.1. The molecule has 0 aliphatic heterocycles. The minimum Gasteiger partial charge on any atom is -0.461 e. The molecular weight excluding hydrogens is 447 g/mol. The maximum atomic E-state index is 12.9. The van der Waals surface area contributed by atoms with Gasteiger partial charge < -0.3 is 10.1 Å². The van der Waals surface area contributed by atoms with Crippen molar-refractivity contribution in [1.29, 1.82) is 0 Å². The van der Waals surface area contributed by atoms with Gasteiger partial charge in [-0.3, -0.25) is 14.9 Å². The van der Waals surface area contributed by atoms with E-state index in [4.69, 9.17) is 4.74 Å². The maximum Gasteiger partial charge on any atom is 0.270 e. The number of halogens is 1. The van der Waals surface area contributed by atoms with Crippen molar-refractivity contribution in [3.05, 3.63) is 88.3 Å². The van der Waals surface area contributed by atoms with E-state index in [1.165, 1.54) is 6.92 Å². The van der Waals surface area contributed by atoms with E-state index in [1.807, 2.05) is 39.0 Å². The highest BCUT2D eigenvalue weighted by molar-refractivity contribution is 5.94. The molecule has 3 aromatic heterocycles. The minimum atomic E-state index is -1.38. The summed E-state index contributed by atoms with van der Waals surface area (Å²) in [7, 11) is 0. The van der Waals surface area contributed by atoms with E-state index in [0.717, 1.165) is 39.5 Å². The molecule has 35 heavy (non-hydrogen) atoms. The molecule has 0 aliphatic rings. The van der Waals surface area contributed by atoms with Gasteiger partial charge >= 0.3 is 0 Å². The van der Waals surface area contributed by atoms with Crippen molar-refractivity contribution < 1.29 is 13.9 Å². The predicted octanol–water partition coefficient (Wildman–Crippen LogP) is 4.40. The number of H-pyrrole nitrogens is 1. The highest BCUT2D eigenvalue weighted by Crippen LogP contribution is 2.20. The molecule has 0 fully saturated rings. The number of ether oxygens (including phenoxy) is 1. The molecule has 0 spiro atoms. The topological polar surface area (TPSA) is 106 Å². The summed E-state index contributed by atoms with van der Waals surface area (Å²) in [5, 5.41) is 10.1. The number of amides is 1. The van der Waals surface area contributed by atoms with E-state index in [2.05, 4.69) is 30.5 Å². The third-order valence-corrected chi connectivity index (χ3v) is 5.25. The standard InChI is InChI=1S/C26H27FN6O2/c1-15-9-20(25-30-16(2)10-21(31-25)12-22-11-17(3)32-33-22)14-28-24(15)26(34)29-13-19-5-7-23(8-6-19)35-18(4)27/h5-11,14,18H,12-13H2,1-4H3,(H,29,34)(H,32,33). The normalized spacial score (nSPS) is 11.8. The fraction of sp³-hybridized carbons (Fsp3) is 0.269. The zero-order valence-electron chi connectivity index (χ0n) is 20.1. The number of hydrogen-bond acceptors (Lipinski definition) is 6. The summed E-state index contributed by atoms with van der Waals surface area (Å²) < 4.78 is 17.9. The lowest BCUT2D eigenvalue weighted by Gasteiger charge is -2.10. The molecule has 2 N–H and O–H groups in total. The number of carbonyl (C=O) groups is 1. The largest absolute Gasteiger partial charge is 0.461 e. The first-order chi connectivity index (χ1) is 16.8. The van der Waals surface area contributed by atoms with Gasteiger partial charge in [0.05, 0.1) is 11.4 Å². The van der Waals surface area contributed by atoms with Gasteiger partial charge in [-0.25, -0.2) is 14.4 Å². The lowest BCUT2D eigenvalue weighted by atomic mass is 10.1. The van der Waals surface area contributed by atoms with E-state index < -0.39 is 6.36 Å². The van der Waals surface area contributed by atoms with Crippen LogP contribution in [-0.2, 0) is 13.0 Å². The van der Waals surface area contributed by atoms with Crippen molar-refractivity contribution in [1.82, 2.24) is 30.5 Å². The number of hydrogen-bond donors (Lipinski definition) is 2. The second-order valence-electron chi connectivity index (χ2n) is 8.42. The number of nitrogens with zero attached hydrogens (tertiary/aromatic N) is 4. The molecule has 4 aromatic rings. The summed E-state index contributed by atoms with van der Waals surface area (Å²) in [5.74, 6) is 0.704. The molecule has 4 rings (SSSR count). The Hall–Kier alpha value is -4.14. The monoisotopic (exact) mass is 474 g/mol. The first-order valence-corrected chi connectivity index (χ1v) is 11.3. The van der Waals surface area contributed by atoms with Crippen LogP contribution in [0.15, 0.2) is 48.7 Å². The Morgan fingerprint density at radius 2 is 1.86 bits per heavy atom. The van der Waals surface area contributed by atoms with Crippen LogP contribution < -0.4 is 10.1 Å². The molecule has 3 heterocycles. The summed E-state index contributed by atoms with van der Waals surface area (Å²) >= 11 is 0. The number of benzene rings is 1. The van der Waals surface area contributed by atoms with Gasteiger partial charge in [0, 0.05) is 43.0 Å². The molecule has 0 aliphatic carbocycles. The fourth-order valence-corrected chi connectivity index (χ4v) is 3.68. The predicted molar refractivity (Wildman–Crippen MR) is 130 cm³/mol. The second kappa shape index (κ2) is 10.4. The lowest BCUT2D eigenvalue weighted by Crippen LogP contribution is -2.24. The minimum absolute atomic E-state index is 0.286. The molecule has 1 aromatic carbocycles. The van der Waals surface area contributed by atoms with E-state index in [-0.39, 0.29) is 5.91 Å². The van der Waals surface area contributed by atoms with Crippen molar-refractivity contribution in [2.24, 2.45) is 0 Å². The molecule has 1 amide bonds. The van der Waals surface area contributed by atoms with Crippen LogP contribution in [0.25, 0.3) is 11.4 Å². The molecule has 0 saturated carbocycles. The number of aryl methyl sites for hydroxylation is 3. The first kappa shape index (κ1) is 24.0. The molecular formula is C26H27FN6O2. The number of carbonyl (C=O) groups excluding carboxylic acids is 1. The lowest BCUT2D eigenvalue weighted by molar-refractivity contribution is 0.0860. The number of alkyl halides is 1. The molecule has 0 saturated heterocycles. The Labute approximate surface area is 203 Å². The van der Waals surface area contributed by atoms with Crippen LogP contribution in [0, 0.1) is 20.8 Å². The van der Waals surface area contributed by atoms with Gasteiger partial charge in [-0.1, -0.05) is 12.1 Å². The van der Waals surface area contributed by atoms with Gasteiger partial charge in [0.15, 0.2) is 5.82 Å². The molecule has 0 bridgehead atoms. The number of rotatable bonds is 8. The average molecular weight is 475 g/mol. The van der Waals surface area contributed by atoms with Gasteiger partial charge in [-0.05, 0) is 62.2 Å². The Morgan fingerprint density at radius 1 is 1.09 bits per heavy atom. The van der Waals surface area contributed by atoms with Gasteiger partial charge in [-0.15, -0.1) is 0 Å². The van der Waals surface area contributed by atoms with Crippen LogP contribution in [0.2, 0.25) is 0 Å². The second-order valence-corrected chi connectivity index (χ2v) is 8.42. The summed E-state index contributed by atoms with van der Waals surface area (Å²) in [6.07, 6.45) is 0.825. The molecule has 8 nitrogen and oxygen atoms in total. The van der Waals surface area contributed by atoms with Crippen molar-refractivity contribution in [3.8, 4) is 17.1 Å². The van der Waals surface area contributed by atoms with Gasteiger partial charge in [0.1, 0.15) is 11.4 Å². The van der Waals surface area contributed by atoms with Crippen molar-refractivity contribution in [3.63, 3.8) is 0 Å². The number of pyridine rings is 1. The third kappa shape index (κ3) is 6.26. The fourth-order valence-electron chi connectivity index (χ4n) is 3.68. The highest BCUT2D eigenvalue weighted by Gasteiger charge is 2.14. The Morgan fingerprint density at radius 3 is 2.51 bits per heavy atom. The molecule has 1 unspecified atom stereocenters. The number of aromatic nitrogens is 5. The first-order valence-electron chi connectivity index (χ1n) is 11.3. The van der Waals surface area contributed by atoms with Crippen LogP contribution in [-0.4, -0.2) is 37.4 Å². The van der Waals surface area contributed by atoms with Crippen molar-refractivity contribution >= 4 is 5.91 Å². The molecule has 1 atom stereocenters. The number of aromatic amines is 1. The Balaban J connectivity index is 1.45. The Kier molecular flexibility index (Phi) is 7.14. The average Bonchev–Trinajstić information content (AvgIpc) is 3.22. The summed E-state index contributed by atoms with van der Waals surface area (Å²) in [5.41, 5.74) is 6.25. The van der Waals surface area contributed by atoms with Crippen LogP contribution in [0.1, 0.15) is 51.3 Å². The van der Waals surface area contributed by atoms with E-state index >= 15 is 0 Å². The van der Waals surface area contributed by atoms with E-state index in [1.54, 1.807) is 30.5 Å². The van der Waals surface area contributed by atoms with Crippen molar-refractivity contribution in [2.75, 3.05) is 0 Å². The van der Waals surface area contributed by atoms with Crippen LogP contribution in [0.5, 0.6) is 5.75 Å². The van der Waals surface area contributed by atoms with Crippen molar-refractivity contribution in [2.45, 2.75) is 47.0 Å². The van der Waals surface area contributed by atoms with Crippen LogP contribution >= 0.6 is 0 Å².